The lowest BCUT2D eigenvalue weighted by molar-refractivity contribution is -0.147. The summed E-state index contributed by atoms with van der Waals surface area (Å²) in [7, 11) is 0. The van der Waals surface area contributed by atoms with Crippen molar-refractivity contribution in [3.8, 4) is 0 Å². The van der Waals surface area contributed by atoms with E-state index in [1.54, 1.807) is 41.5 Å². The predicted octanol–water partition coefficient (Wildman–Crippen LogP) is 3.13. The summed E-state index contributed by atoms with van der Waals surface area (Å²) in [6, 6.07) is 0. The number of hydrogen-bond acceptors (Lipinski definition) is 6. The zero-order valence-corrected chi connectivity index (χ0v) is 16.7. The fourth-order valence-electron chi connectivity index (χ4n) is 2.78. The number of Topliss-reactive ketones (excluding diaryl/α,β-unsaturated/α-hetero) is 2. The summed E-state index contributed by atoms with van der Waals surface area (Å²) in [4.78, 5) is 50.1. The topological polar surface area (TPSA) is 102 Å². The quantitative estimate of drug-likeness (QED) is 0.592. The van der Waals surface area contributed by atoms with E-state index in [-0.39, 0.29) is 12.8 Å². The molecule has 8 nitrogen and oxygen atoms in total. The molecule has 1 fully saturated rings. The van der Waals surface area contributed by atoms with Gasteiger partial charge in [0.05, 0.1) is 0 Å². The lowest BCUT2D eigenvalue weighted by Crippen LogP contribution is -2.68. The minimum atomic E-state index is -1.78. The molecule has 0 aliphatic heterocycles. The Morgan fingerprint density at radius 1 is 1.00 bits per heavy atom. The Labute approximate surface area is 154 Å². The maximum Gasteiger partial charge on any atom is 0.430 e. The second kappa shape index (κ2) is 7.63. The molecule has 148 valence electrons. The molecule has 0 aromatic carbocycles. The van der Waals surface area contributed by atoms with Gasteiger partial charge in [0.2, 0.25) is 0 Å². The van der Waals surface area contributed by atoms with Crippen LogP contribution in [0.2, 0.25) is 0 Å². The summed E-state index contributed by atoms with van der Waals surface area (Å²) in [6.07, 6.45) is -0.454. The highest BCUT2D eigenvalue weighted by molar-refractivity contribution is 6.13. The molecule has 26 heavy (non-hydrogen) atoms. The molecule has 1 rings (SSSR count). The summed E-state index contributed by atoms with van der Waals surface area (Å²) in [5, 5.41) is 0.718. The van der Waals surface area contributed by atoms with Crippen molar-refractivity contribution in [1.29, 1.82) is 0 Å². The van der Waals surface area contributed by atoms with Crippen LogP contribution in [0.3, 0.4) is 0 Å². The van der Waals surface area contributed by atoms with E-state index in [1.165, 1.54) is 6.92 Å². The Balaban J connectivity index is 3.28. The minimum Gasteiger partial charge on any atom is -0.443 e. The Hall–Kier alpha value is -2.12. The van der Waals surface area contributed by atoms with Crippen LogP contribution in [0.25, 0.3) is 0 Å². The van der Waals surface area contributed by atoms with Gasteiger partial charge in [-0.05, 0) is 67.7 Å². The Bertz CT molecular complexity index is 587. The van der Waals surface area contributed by atoms with Crippen molar-refractivity contribution in [3.63, 3.8) is 0 Å². The minimum absolute atomic E-state index is 0.121. The molecule has 2 amide bonds. The van der Waals surface area contributed by atoms with Crippen molar-refractivity contribution < 1.29 is 28.7 Å². The van der Waals surface area contributed by atoms with Gasteiger partial charge in [0.1, 0.15) is 11.2 Å². The van der Waals surface area contributed by atoms with Crippen molar-refractivity contribution in [2.75, 3.05) is 0 Å². The Morgan fingerprint density at radius 3 is 1.96 bits per heavy atom. The van der Waals surface area contributed by atoms with Crippen LogP contribution in [0, 0.1) is 0 Å². The number of carbonyl (C=O) groups excluding carboxylic acids is 4. The van der Waals surface area contributed by atoms with Crippen molar-refractivity contribution in [1.82, 2.24) is 10.4 Å². The first-order chi connectivity index (χ1) is 11.7. The molecule has 0 radical (unpaired) electrons. The number of hydrogen-bond donors (Lipinski definition) is 1. The van der Waals surface area contributed by atoms with Gasteiger partial charge in [-0.3, -0.25) is 9.59 Å². The average Bonchev–Trinajstić information content (AvgIpc) is 2.41. The van der Waals surface area contributed by atoms with Crippen LogP contribution < -0.4 is 5.43 Å². The second-order valence-electron chi connectivity index (χ2n) is 8.48. The van der Waals surface area contributed by atoms with Crippen LogP contribution in [0.5, 0.6) is 0 Å². The lowest BCUT2D eigenvalue weighted by atomic mass is 9.77. The molecule has 0 bridgehead atoms. The maximum atomic E-state index is 12.7. The fraction of sp³-hybridized carbons (Fsp3) is 0.778. The van der Waals surface area contributed by atoms with Crippen molar-refractivity contribution in [2.24, 2.45) is 0 Å². The summed E-state index contributed by atoms with van der Waals surface area (Å²) in [5.41, 5.74) is -1.20. The van der Waals surface area contributed by atoms with Gasteiger partial charge in [-0.2, -0.15) is 5.01 Å². The second-order valence-corrected chi connectivity index (χ2v) is 8.48. The number of hydrazine groups is 1. The monoisotopic (exact) mass is 370 g/mol. The maximum absolute atomic E-state index is 12.7. The van der Waals surface area contributed by atoms with Crippen molar-refractivity contribution in [2.45, 2.75) is 90.9 Å². The highest BCUT2D eigenvalue weighted by Crippen LogP contribution is 2.32. The third-order valence-corrected chi connectivity index (χ3v) is 3.80. The average molecular weight is 370 g/mol. The third-order valence-electron chi connectivity index (χ3n) is 3.80. The van der Waals surface area contributed by atoms with E-state index in [4.69, 9.17) is 9.47 Å². The molecule has 1 atom stereocenters. The van der Waals surface area contributed by atoms with Gasteiger partial charge in [0.15, 0.2) is 17.1 Å². The highest BCUT2D eigenvalue weighted by Gasteiger charge is 2.53. The molecule has 0 aromatic rings. The van der Waals surface area contributed by atoms with Gasteiger partial charge < -0.3 is 9.47 Å². The van der Waals surface area contributed by atoms with Crippen molar-refractivity contribution >= 4 is 23.8 Å². The highest BCUT2D eigenvalue weighted by atomic mass is 16.6. The van der Waals surface area contributed by atoms with Crippen LogP contribution in [0.15, 0.2) is 0 Å². The molecular formula is C18H30N2O6. The van der Waals surface area contributed by atoms with E-state index in [0.717, 1.165) is 5.01 Å². The van der Waals surface area contributed by atoms with Gasteiger partial charge in [0.25, 0.3) is 0 Å². The number of amides is 2. The van der Waals surface area contributed by atoms with Gasteiger partial charge in [0, 0.05) is 6.42 Å². The summed E-state index contributed by atoms with van der Waals surface area (Å²) >= 11 is 0. The molecular weight excluding hydrogens is 340 g/mol. The number of nitrogens with zero attached hydrogens (tertiary/aromatic N) is 1. The standard InChI is InChI=1S/C18H30N2O6/c1-12(21)18(11-9-8-10-13(18)22)20(15(24)26-17(5,6)7)19-14(23)25-16(2,3)4/h8-11H2,1-7H3,(H,19,23). The summed E-state index contributed by atoms with van der Waals surface area (Å²) in [5.74, 6) is -0.942. The van der Waals surface area contributed by atoms with E-state index < -0.39 is 40.5 Å². The molecule has 1 aliphatic rings. The first-order valence-electron chi connectivity index (χ1n) is 8.76. The predicted molar refractivity (Wildman–Crippen MR) is 94.3 cm³/mol. The van der Waals surface area contributed by atoms with E-state index in [2.05, 4.69) is 5.43 Å². The molecule has 0 aromatic heterocycles. The van der Waals surface area contributed by atoms with Crippen LogP contribution >= 0.6 is 0 Å². The van der Waals surface area contributed by atoms with Crippen LogP contribution in [0.4, 0.5) is 9.59 Å². The molecule has 0 spiro atoms. The van der Waals surface area contributed by atoms with Crippen LogP contribution in [-0.2, 0) is 19.1 Å². The molecule has 1 unspecified atom stereocenters. The van der Waals surface area contributed by atoms with Gasteiger partial charge >= 0.3 is 12.2 Å². The van der Waals surface area contributed by atoms with E-state index in [1.807, 2.05) is 0 Å². The smallest absolute Gasteiger partial charge is 0.430 e. The van der Waals surface area contributed by atoms with Gasteiger partial charge in [-0.1, -0.05) is 0 Å². The Morgan fingerprint density at radius 2 is 1.54 bits per heavy atom. The fourth-order valence-corrected chi connectivity index (χ4v) is 2.78. The van der Waals surface area contributed by atoms with Gasteiger partial charge in [-0.15, -0.1) is 0 Å². The third kappa shape index (κ3) is 5.44. The van der Waals surface area contributed by atoms with Crippen LogP contribution in [0.1, 0.15) is 74.1 Å². The van der Waals surface area contributed by atoms with Gasteiger partial charge in [-0.25, -0.2) is 15.0 Å². The Kier molecular flexibility index (Phi) is 6.44. The first-order valence-corrected chi connectivity index (χ1v) is 8.76. The van der Waals surface area contributed by atoms with E-state index >= 15 is 0 Å². The van der Waals surface area contributed by atoms with E-state index in [0.29, 0.717) is 12.8 Å². The number of carbonyl (C=O) groups is 4. The first kappa shape index (κ1) is 21.9. The van der Waals surface area contributed by atoms with Crippen LogP contribution in [-0.4, -0.2) is 45.5 Å². The number of rotatable bonds is 2. The molecule has 1 aliphatic carbocycles. The van der Waals surface area contributed by atoms with Crippen molar-refractivity contribution in [3.05, 3.63) is 0 Å². The number of ether oxygens (including phenoxy) is 2. The normalized spacial score (nSPS) is 21.0. The summed E-state index contributed by atoms with van der Waals surface area (Å²) < 4.78 is 10.5. The molecule has 0 heterocycles. The molecule has 1 N–H and O–H groups in total. The SMILES string of the molecule is CC(=O)C1(N(NC(=O)OC(C)(C)C)C(=O)OC(C)(C)C)CCCCC1=O. The number of ketones is 2. The molecule has 8 heteroatoms. The zero-order chi connectivity index (χ0) is 20.3. The molecule has 0 saturated heterocycles. The largest absolute Gasteiger partial charge is 0.443 e. The number of nitrogens with one attached hydrogen (secondary N) is 1. The summed E-state index contributed by atoms with van der Waals surface area (Å²) in [6.45, 7) is 11.2. The van der Waals surface area contributed by atoms with E-state index in [9.17, 15) is 19.2 Å². The lowest BCUT2D eigenvalue weighted by Gasteiger charge is -2.42. The molecule has 1 saturated carbocycles. The zero-order valence-electron chi connectivity index (χ0n) is 16.7.